The van der Waals surface area contributed by atoms with Crippen molar-refractivity contribution in [3.05, 3.63) is 22.7 Å². The van der Waals surface area contributed by atoms with Gasteiger partial charge in [0.15, 0.2) is 0 Å². The van der Waals surface area contributed by atoms with Gasteiger partial charge in [-0.1, -0.05) is 15.9 Å². The number of anilines is 2. The third-order valence-electron chi connectivity index (χ3n) is 2.73. The molecule has 0 saturated carbocycles. The highest BCUT2D eigenvalue weighted by molar-refractivity contribution is 9.10. The molecule has 1 heterocycles. The zero-order valence-electron chi connectivity index (χ0n) is 10.4. The number of thioether (sulfide) groups is 1. The molecule has 4 nitrogen and oxygen atoms in total. The predicted octanol–water partition coefficient (Wildman–Crippen LogP) is 2.12. The second-order valence-electron chi connectivity index (χ2n) is 4.32. The van der Waals surface area contributed by atoms with E-state index in [2.05, 4.69) is 26.6 Å². The monoisotopic (exact) mass is 329 g/mol. The Kier molecular flexibility index (Phi) is 4.53. The van der Waals surface area contributed by atoms with Gasteiger partial charge < -0.3 is 10.2 Å². The van der Waals surface area contributed by atoms with E-state index in [0.29, 0.717) is 0 Å². The maximum atomic E-state index is 12.1. The second kappa shape index (κ2) is 5.95. The lowest BCUT2D eigenvalue weighted by Crippen LogP contribution is -2.37. The summed E-state index contributed by atoms with van der Waals surface area (Å²) in [6.45, 7) is 0. The van der Waals surface area contributed by atoms with Gasteiger partial charge in [0.05, 0.1) is 17.4 Å². The molecule has 1 fully saturated rings. The molecular formula is C12H16BrN3OS. The third kappa shape index (κ3) is 3.18. The van der Waals surface area contributed by atoms with E-state index in [1.165, 1.54) is 0 Å². The van der Waals surface area contributed by atoms with Gasteiger partial charge in [-0.25, -0.2) is 0 Å². The molecule has 2 N–H and O–H groups in total. The number of nitrogens with one attached hydrogen (secondary N) is 2. The maximum absolute atomic E-state index is 12.1. The van der Waals surface area contributed by atoms with Gasteiger partial charge in [-0.2, -0.15) is 0 Å². The zero-order chi connectivity index (χ0) is 13.1. The molecule has 1 aromatic carbocycles. The molecule has 0 bridgehead atoms. The SMILES string of the molecule is CN(C)c1ccc(Br)cc1NC(=O)C1CSCN1. The summed E-state index contributed by atoms with van der Waals surface area (Å²) in [5.41, 5.74) is 1.83. The summed E-state index contributed by atoms with van der Waals surface area (Å²) in [5.74, 6) is 1.70. The van der Waals surface area contributed by atoms with Gasteiger partial charge in [-0.3, -0.25) is 10.1 Å². The highest BCUT2D eigenvalue weighted by Crippen LogP contribution is 2.28. The Morgan fingerprint density at radius 2 is 2.33 bits per heavy atom. The van der Waals surface area contributed by atoms with Crippen molar-refractivity contribution < 1.29 is 4.79 Å². The minimum atomic E-state index is -0.0935. The van der Waals surface area contributed by atoms with Gasteiger partial charge in [0.2, 0.25) is 5.91 Å². The molecule has 18 heavy (non-hydrogen) atoms. The van der Waals surface area contributed by atoms with Crippen molar-refractivity contribution in [3.8, 4) is 0 Å². The molecule has 1 aliphatic rings. The van der Waals surface area contributed by atoms with E-state index >= 15 is 0 Å². The molecule has 2 rings (SSSR count). The third-order valence-corrected chi connectivity index (χ3v) is 4.16. The lowest BCUT2D eigenvalue weighted by Gasteiger charge is -2.19. The van der Waals surface area contributed by atoms with E-state index in [9.17, 15) is 4.79 Å². The Balaban J connectivity index is 2.16. The van der Waals surface area contributed by atoms with E-state index in [1.54, 1.807) is 11.8 Å². The highest BCUT2D eigenvalue weighted by Gasteiger charge is 2.23. The molecule has 98 valence electrons. The van der Waals surface area contributed by atoms with E-state index in [-0.39, 0.29) is 11.9 Å². The first-order valence-electron chi connectivity index (χ1n) is 5.67. The number of carbonyl (C=O) groups is 1. The smallest absolute Gasteiger partial charge is 0.242 e. The summed E-state index contributed by atoms with van der Waals surface area (Å²) in [6.07, 6.45) is 0. The van der Waals surface area contributed by atoms with Crippen LogP contribution < -0.4 is 15.5 Å². The minimum Gasteiger partial charge on any atom is -0.376 e. The fourth-order valence-electron chi connectivity index (χ4n) is 1.78. The van der Waals surface area contributed by atoms with Crippen LogP contribution in [-0.2, 0) is 4.79 Å². The van der Waals surface area contributed by atoms with Crippen LogP contribution in [0.1, 0.15) is 0 Å². The first-order valence-corrected chi connectivity index (χ1v) is 7.61. The topological polar surface area (TPSA) is 44.4 Å². The Hall–Kier alpha value is -0.720. The van der Waals surface area contributed by atoms with Crippen LogP contribution in [0.15, 0.2) is 22.7 Å². The van der Waals surface area contributed by atoms with Gasteiger partial charge in [-0.05, 0) is 18.2 Å². The molecule has 1 saturated heterocycles. The van der Waals surface area contributed by atoms with Crippen molar-refractivity contribution >= 4 is 45.0 Å². The molecule has 0 radical (unpaired) electrons. The molecule has 1 atom stereocenters. The van der Waals surface area contributed by atoms with Gasteiger partial charge in [0.1, 0.15) is 0 Å². The molecule has 0 aliphatic carbocycles. The Morgan fingerprint density at radius 3 is 2.94 bits per heavy atom. The molecule has 6 heteroatoms. The van der Waals surface area contributed by atoms with Crippen molar-refractivity contribution in [1.82, 2.24) is 5.32 Å². The lowest BCUT2D eigenvalue weighted by molar-refractivity contribution is -0.117. The Morgan fingerprint density at radius 1 is 1.56 bits per heavy atom. The number of hydrogen-bond acceptors (Lipinski definition) is 4. The lowest BCUT2D eigenvalue weighted by atomic mass is 10.2. The number of nitrogens with zero attached hydrogens (tertiary/aromatic N) is 1. The van der Waals surface area contributed by atoms with Crippen molar-refractivity contribution in [2.75, 3.05) is 35.9 Å². The van der Waals surface area contributed by atoms with Crippen LogP contribution >= 0.6 is 27.7 Å². The number of carbonyl (C=O) groups excluding carboxylic acids is 1. The van der Waals surface area contributed by atoms with Gasteiger partial charge in [-0.15, -0.1) is 11.8 Å². The Bertz CT molecular complexity index is 447. The molecule has 0 aromatic heterocycles. The summed E-state index contributed by atoms with van der Waals surface area (Å²) >= 11 is 5.17. The van der Waals surface area contributed by atoms with Gasteiger partial charge in [0.25, 0.3) is 0 Å². The largest absolute Gasteiger partial charge is 0.376 e. The molecule has 1 aliphatic heterocycles. The highest BCUT2D eigenvalue weighted by atomic mass is 79.9. The standard InChI is InChI=1S/C12H16BrN3OS/c1-16(2)11-4-3-8(13)5-9(11)15-12(17)10-6-18-7-14-10/h3-5,10,14H,6-7H2,1-2H3,(H,15,17). The average molecular weight is 330 g/mol. The summed E-state index contributed by atoms with van der Waals surface area (Å²) in [6, 6.07) is 5.78. The number of rotatable bonds is 3. The average Bonchev–Trinajstić information content (AvgIpc) is 2.81. The maximum Gasteiger partial charge on any atom is 0.242 e. The quantitative estimate of drug-likeness (QED) is 0.891. The van der Waals surface area contributed by atoms with Crippen molar-refractivity contribution in [2.24, 2.45) is 0 Å². The van der Waals surface area contributed by atoms with Crippen molar-refractivity contribution in [2.45, 2.75) is 6.04 Å². The van der Waals surface area contributed by atoms with E-state index in [1.807, 2.05) is 37.2 Å². The predicted molar refractivity (Wildman–Crippen MR) is 81.3 cm³/mol. The fourth-order valence-corrected chi connectivity index (χ4v) is 3.08. The second-order valence-corrected chi connectivity index (χ2v) is 6.26. The van der Waals surface area contributed by atoms with Gasteiger partial charge in [0, 0.05) is 30.2 Å². The van der Waals surface area contributed by atoms with Crippen LogP contribution in [0.25, 0.3) is 0 Å². The first kappa shape index (κ1) is 13.7. The summed E-state index contributed by atoms with van der Waals surface area (Å²) in [7, 11) is 3.92. The van der Waals surface area contributed by atoms with E-state index < -0.39 is 0 Å². The minimum absolute atomic E-state index is 0.0289. The van der Waals surface area contributed by atoms with Crippen LogP contribution in [0, 0.1) is 0 Å². The van der Waals surface area contributed by atoms with E-state index in [0.717, 1.165) is 27.5 Å². The molecule has 1 amide bonds. The van der Waals surface area contributed by atoms with Crippen LogP contribution in [0.5, 0.6) is 0 Å². The number of benzene rings is 1. The van der Waals surface area contributed by atoms with E-state index in [4.69, 9.17) is 0 Å². The summed E-state index contributed by atoms with van der Waals surface area (Å²) < 4.78 is 0.956. The number of halogens is 1. The molecule has 1 unspecified atom stereocenters. The Labute approximate surface area is 120 Å². The normalized spacial score (nSPS) is 18.7. The van der Waals surface area contributed by atoms with Crippen LogP contribution in [0.2, 0.25) is 0 Å². The van der Waals surface area contributed by atoms with Crippen LogP contribution in [0.4, 0.5) is 11.4 Å². The molecule has 0 spiro atoms. The number of hydrogen-bond donors (Lipinski definition) is 2. The molecular weight excluding hydrogens is 314 g/mol. The summed E-state index contributed by atoms with van der Waals surface area (Å²) in [4.78, 5) is 14.1. The fraction of sp³-hybridized carbons (Fsp3) is 0.417. The van der Waals surface area contributed by atoms with Gasteiger partial charge >= 0.3 is 0 Å². The molecule has 1 aromatic rings. The number of amides is 1. The zero-order valence-corrected chi connectivity index (χ0v) is 12.8. The van der Waals surface area contributed by atoms with Crippen molar-refractivity contribution in [3.63, 3.8) is 0 Å². The van der Waals surface area contributed by atoms with Crippen LogP contribution in [0.3, 0.4) is 0 Å². The summed E-state index contributed by atoms with van der Waals surface area (Å²) in [5, 5.41) is 6.15. The van der Waals surface area contributed by atoms with Crippen LogP contribution in [-0.4, -0.2) is 37.7 Å². The van der Waals surface area contributed by atoms with Crippen molar-refractivity contribution in [1.29, 1.82) is 0 Å². The first-order chi connectivity index (χ1) is 8.58.